The van der Waals surface area contributed by atoms with E-state index >= 15 is 0 Å². The van der Waals surface area contributed by atoms with Gasteiger partial charge in [0.05, 0.1) is 10.9 Å². The molecule has 1 aromatic heterocycles. The van der Waals surface area contributed by atoms with Crippen LogP contribution in [0.2, 0.25) is 0 Å². The molecule has 1 fully saturated rings. The van der Waals surface area contributed by atoms with E-state index < -0.39 is 0 Å². The van der Waals surface area contributed by atoms with Gasteiger partial charge in [0.1, 0.15) is 11.3 Å². The van der Waals surface area contributed by atoms with Gasteiger partial charge in [-0.3, -0.25) is 0 Å². The number of nitrogens with zero attached hydrogens (tertiary/aromatic N) is 3. The van der Waals surface area contributed by atoms with Crippen molar-refractivity contribution >= 4 is 22.6 Å². The number of para-hydroxylation sites is 1. The first-order chi connectivity index (χ1) is 10.1. The van der Waals surface area contributed by atoms with Gasteiger partial charge in [-0.15, -0.1) is 11.6 Å². The molecule has 1 aromatic carbocycles. The van der Waals surface area contributed by atoms with Crippen LogP contribution in [0.5, 0.6) is 0 Å². The van der Waals surface area contributed by atoms with Crippen LogP contribution in [0.3, 0.4) is 0 Å². The van der Waals surface area contributed by atoms with Gasteiger partial charge < -0.3 is 9.47 Å². The Morgan fingerprint density at radius 3 is 2.67 bits per heavy atom. The second-order valence-corrected chi connectivity index (χ2v) is 6.57. The molecule has 0 amide bonds. The highest BCUT2D eigenvalue weighted by molar-refractivity contribution is 6.20. The summed E-state index contributed by atoms with van der Waals surface area (Å²) >= 11 is 6.27. The van der Waals surface area contributed by atoms with Crippen LogP contribution in [0.25, 0.3) is 11.0 Å². The molecule has 0 saturated carbocycles. The number of rotatable bonds is 4. The number of hydrogen-bond donors (Lipinski definition) is 0. The summed E-state index contributed by atoms with van der Waals surface area (Å²) in [4.78, 5) is 6.90. The number of alkyl halides is 1. The summed E-state index contributed by atoms with van der Waals surface area (Å²) in [7, 11) is 0. The van der Waals surface area contributed by atoms with Gasteiger partial charge in [-0.25, -0.2) is 9.37 Å². The average Bonchev–Trinajstić information content (AvgIpc) is 3.05. The summed E-state index contributed by atoms with van der Waals surface area (Å²) < 4.78 is 16.1. The summed E-state index contributed by atoms with van der Waals surface area (Å²) in [5.41, 5.74) is 1.26. The summed E-state index contributed by atoms with van der Waals surface area (Å²) in [5, 5.41) is -0.238. The Bertz CT molecular complexity index is 632. The van der Waals surface area contributed by atoms with Crippen LogP contribution in [0, 0.1) is 5.82 Å². The molecule has 1 aliphatic heterocycles. The molecule has 114 valence electrons. The lowest BCUT2D eigenvalue weighted by Gasteiger charge is -2.24. The van der Waals surface area contributed by atoms with E-state index in [1.54, 1.807) is 6.07 Å². The second-order valence-electron chi connectivity index (χ2n) is 5.92. The lowest BCUT2D eigenvalue weighted by atomic mass is 10.2. The zero-order valence-corrected chi connectivity index (χ0v) is 13.3. The number of hydrogen-bond acceptors (Lipinski definition) is 2. The van der Waals surface area contributed by atoms with Crippen LogP contribution in [0.4, 0.5) is 4.39 Å². The van der Waals surface area contributed by atoms with Crippen molar-refractivity contribution in [3.8, 4) is 0 Å². The normalized spacial score (nSPS) is 19.2. The van der Waals surface area contributed by atoms with Crippen LogP contribution in [0.1, 0.15) is 43.9 Å². The number of imidazole rings is 1. The highest BCUT2D eigenvalue weighted by Gasteiger charge is 2.23. The maximum absolute atomic E-state index is 14.0. The molecule has 2 heterocycles. The molecule has 1 aliphatic rings. The fourth-order valence-electron chi connectivity index (χ4n) is 3.27. The van der Waals surface area contributed by atoms with Gasteiger partial charge >= 0.3 is 0 Å². The van der Waals surface area contributed by atoms with E-state index in [1.807, 2.05) is 13.0 Å². The van der Waals surface area contributed by atoms with Gasteiger partial charge in [-0.2, -0.15) is 0 Å². The van der Waals surface area contributed by atoms with E-state index in [4.69, 9.17) is 11.6 Å². The van der Waals surface area contributed by atoms with Crippen molar-refractivity contribution < 1.29 is 4.39 Å². The van der Waals surface area contributed by atoms with Crippen molar-refractivity contribution in [3.05, 3.63) is 29.8 Å². The van der Waals surface area contributed by atoms with Crippen molar-refractivity contribution in [1.29, 1.82) is 0 Å². The molecule has 5 heteroatoms. The Kier molecular flexibility index (Phi) is 4.18. The topological polar surface area (TPSA) is 21.1 Å². The summed E-state index contributed by atoms with van der Waals surface area (Å²) in [6.07, 6.45) is 2.54. The molecule has 3 rings (SSSR count). The molecular weight excluding hydrogens is 289 g/mol. The van der Waals surface area contributed by atoms with E-state index in [0.717, 1.165) is 31.0 Å². The van der Waals surface area contributed by atoms with Crippen molar-refractivity contribution in [2.24, 2.45) is 0 Å². The van der Waals surface area contributed by atoms with Crippen molar-refractivity contribution in [2.45, 2.75) is 38.1 Å². The highest BCUT2D eigenvalue weighted by Crippen LogP contribution is 2.30. The van der Waals surface area contributed by atoms with E-state index in [2.05, 4.69) is 21.4 Å². The number of halogens is 2. The number of aromatic nitrogens is 2. The zero-order valence-electron chi connectivity index (χ0n) is 12.5. The largest absolute Gasteiger partial charge is 0.323 e. The third-order valence-electron chi connectivity index (χ3n) is 4.22. The average molecular weight is 310 g/mol. The molecule has 2 atom stereocenters. The predicted molar refractivity (Wildman–Crippen MR) is 84.3 cm³/mol. The number of fused-ring (bicyclic) bond motifs is 1. The lowest BCUT2D eigenvalue weighted by molar-refractivity contribution is 0.287. The van der Waals surface area contributed by atoms with Gasteiger partial charge in [-0.1, -0.05) is 6.07 Å². The Hall–Kier alpha value is -1.13. The molecule has 0 bridgehead atoms. The first kappa shape index (κ1) is 14.8. The molecule has 21 heavy (non-hydrogen) atoms. The molecule has 2 aromatic rings. The van der Waals surface area contributed by atoms with E-state index in [9.17, 15) is 4.39 Å². The van der Waals surface area contributed by atoms with Gasteiger partial charge in [-0.05, 0) is 51.9 Å². The second kappa shape index (κ2) is 5.93. The minimum atomic E-state index is -0.279. The first-order valence-corrected chi connectivity index (χ1v) is 8.04. The molecule has 0 radical (unpaired) electrons. The van der Waals surface area contributed by atoms with Crippen molar-refractivity contribution in [2.75, 3.05) is 19.6 Å². The maximum Gasteiger partial charge on any atom is 0.151 e. The quantitative estimate of drug-likeness (QED) is 0.792. The van der Waals surface area contributed by atoms with E-state index in [-0.39, 0.29) is 17.2 Å². The molecular formula is C16H21ClFN3. The third-order valence-corrected chi connectivity index (χ3v) is 4.41. The monoisotopic (exact) mass is 309 g/mol. The van der Waals surface area contributed by atoms with Crippen LogP contribution >= 0.6 is 11.6 Å². The summed E-state index contributed by atoms with van der Waals surface area (Å²) in [6, 6.07) is 5.34. The number of likely N-dealkylation sites (tertiary alicyclic amines) is 1. The molecule has 1 saturated heterocycles. The Morgan fingerprint density at radius 1 is 1.29 bits per heavy atom. The Labute approximate surface area is 129 Å². The zero-order chi connectivity index (χ0) is 15.0. The molecule has 0 N–H and O–H groups in total. The van der Waals surface area contributed by atoms with Crippen LogP contribution in [-0.4, -0.2) is 34.1 Å². The third kappa shape index (κ3) is 2.79. The molecule has 2 unspecified atom stereocenters. The Morgan fingerprint density at radius 2 is 2.00 bits per heavy atom. The molecule has 0 aliphatic carbocycles. The fraction of sp³-hybridized carbons (Fsp3) is 0.562. The minimum Gasteiger partial charge on any atom is -0.323 e. The lowest BCUT2D eigenvalue weighted by Crippen LogP contribution is -2.28. The minimum absolute atomic E-state index is 0.228. The van der Waals surface area contributed by atoms with E-state index in [0.29, 0.717) is 5.52 Å². The predicted octanol–water partition coefficient (Wildman–Crippen LogP) is 4.13. The van der Waals surface area contributed by atoms with Crippen LogP contribution in [0.15, 0.2) is 18.2 Å². The Balaban J connectivity index is 2.02. The van der Waals surface area contributed by atoms with Crippen molar-refractivity contribution in [3.63, 3.8) is 0 Å². The van der Waals surface area contributed by atoms with Gasteiger partial charge in [0.15, 0.2) is 5.82 Å². The smallest absolute Gasteiger partial charge is 0.151 e. The summed E-state index contributed by atoms with van der Waals surface area (Å²) in [6.45, 7) is 7.31. The summed E-state index contributed by atoms with van der Waals surface area (Å²) in [5.74, 6) is 0.474. The highest BCUT2D eigenvalue weighted by atomic mass is 35.5. The van der Waals surface area contributed by atoms with Crippen molar-refractivity contribution in [1.82, 2.24) is 14.5 Å². The van der Waals surface area contributed by atoms with Gasteiger partial charge in [0, 0.05) is 12.6 Å². The standard InChI is InChI=1S/C16H21ClFN3/c1-11(10-20-8-3-4-9-20)21-14-7-5-6-13(18)15(14)19-16(21)12(2)17/h5-7,11-12H,3-4,8-10H2,1-2H3. The van der Waals surface area contributed by atoms with Gasteiger partial charge in [0.25, 0.3) is 0 Å². The van der Waals surface area contributed by atoms with Gasteiger partial charge in [0.2, 0.25) is 0 Å². The number of benzene rings is 1. The first-order valence-electron chi connectivity index (χ1n) is 7.60. The SMILES string of the molecule is CC(Cl)c1nc2c(F)cccc2n1C(C)CN1CCCC1. The van der Waals surface area contributed by atoms with E-state index in [1.165, 1.54) is 18.9 Å². The van der Waals surface area contributed by atoms with Crippen LogP contribution in [-0.2, 0) is 0 Å². The maximum atomic E-state index is 14.0. The molecule has 0 spiro atoms. The molecule has 3 nitrogen and oxygen atoms in total. The van der Waals surface area contributed by atoms with Crippen LogP contribution < -0.4 is 0 Å². The fourth-order valence-corrected chi connectivity index (χ4v) is 3.42.